The number of hydrogen-bond acceptors (Lipinski definition) is 4. The van der Waals surface area contributed by atoms with Crippen LogP contribution in [0, 0.1) is 11.8 Å². The maximum atomic E-state index is 12.3. The Kier molecular flexibility index (Phi) is 8.50. The number of sulfonamides is 1. The smallest absolute Gasteiger partial charge is 0.223 e. The molecule has 0 spiro atoms. The van der Waals surface area contributed by atoms with Crippen LogP contribution in [0.4, 0.5) is 0 Å². The highest BCUT2D eigenvalue weighted by atomic mass is 32.2. The van der Waals surface area contributed by atoms with E-state index in [4.69, 9.17) is 0 Å². The van der Waals surface area contributed by atoms with E-state index in [1.54, 1.807) is 6.92 Å². The molecule has 1 amide bonds. The summed E-state index contributed by atoms with van der Waals surface area (Å²) in [6.45, 7) is 12.7. The van der Waals surface area contributed by atoms with E-state index >= 15 is 0 Å². The highest BCUT2D eigenvalue weighted by Crippen LogP contribution is 2.20. The molecule has 1 N–H and O–H groups in total. The van der Waals surface area contributed by atoms with Crippen molar-refractivity contribution in [2.45, 2.75) is 40.5 Å². The van der Waals surface area contributed by atoms with Crippen molar-refractivity contribution < 1.29 is 13.2 Å². The molecule has 0 aromatic rings. The predicted molar refractivity (Wildman–Crippen MR) is 93.7 cm³/mol. The number of rotatable bonds is 9. The second-order valence-electron chi connectivity index (χ2n) is 6.41. The molecule has 1 aliphatic heterocycles. The summed E-state index contributed by atoms with van der Waals surface area (Å²) < 4.78 is 25.2. The van der Waals surface area contributed by atoms with Crippen LogP contribution in [0.25, 0.3) is 0 Å². The van der Waals surface area contributed by atoms with Crippen molar-refractivity contribution in [1.29, 1.82) is 0 Å². The Morgan fingerprint density at radius 1 is 1.22 bits per heavy atom. The Morgan fingerprint density at radius 3 is 2.26 bits per heavy atom. The van der Waals surface area contributed by atoms with Crippen molar-refractivity contribution in [3.8, 4) is 0 Å². The molecule has 0 aliphatic carbocycles. The van der Waals surface area contributed by atoms with E-state index in [1.807, 2.05) is 0 Å². The normalized spacial score (nSPS) is 19.0. The van der Waals surface area contributed by atoms with Gasteiger partial charge in [0.15, 0.2) is 0 Å². The fourth-order valence-electron chi connectivity index (χ4n) is 2.99. The number of nitrogens with zero attached hydrogens (tertiary/aromatic N) is 2. The molecule has 0 aromatic carbocycles. The maximum Gasteiger partial charge on any atom is 0.223 e. The molecular weight excluding hydrogens is 314 g/mol. The first-order valence-electron chi connectivity index (χ1n) is 8.81. The van der Waals surface area contributed by atoms with Gasteiger partial charge in [-0.05, 0) is 38.8 Å². The maximum absolute atomic E-state index is 12.3. The van der Waals surface area contributed by atoms with Crippen LogP contribution in [0.1, 0.15) is 40.5 Å². The molecule has 0 aromatic heterocycles. The number of hydrogen-bond donors (Lipinski definition) is 1. The molecule has 7 heteroatoms. The van der Waals surface area contributed by atoms with Crippen molar-refractivity contribution in [1.82, 2.24) is 14.5 Å². The van der Waals surface area contributed by atoms with E-state index in [0.717, 1.165) is 19.6 Å². The molecule has 1 unspecified atom stereocenters. The Labute approximate surface area is 141 Å². The minimum atomic E-state index is -3.12. The molecule has 1 heterocycles. The van der Waals surface area contributed by atoms with Crippen LogP contribution >= 0.6 is 0 Å². The largest absolute Gasteiger partial charge is 0.356 e. The molecular formula is C16H33N3O3S. The Hall–Kier alpha value is -0.660. The van der Waals surface area contributed by atoms with Gasteiger partial charge in [-0.2, -0.15) is 0 Å². The molecule has 136 valence electrons. The van der Waals surface area contributed by atoms with E-state index in [-0.39, 0.29) is 17.6 Å². The number of carbonyl (C=O) groups is 1. The third kappa shape index (κ3) is 6.39. The first kappa shape index (κ1) is 20.4. The number of carbonyl (C=O) groups excluding carboxylic acids is 1. The van der Waals surface area contributed by atoms with Crippen LogP contribution in [0.2, 0.25) is 0 Å². The third-order valence-corrected chi connectivity index (χ3v) is 6.55. The molecule has 6 nitrogen and oxygen atoms in total. The van der Waals surface area contributed by atoms with Gasteiger partial charge in [-0.1, -0.05) is 20.8 Å². The highest BCUT2D eigenvalue weighted by molar-refractivity contribution is 7.89. The predicted octanol–water partition coefficient (Wildman–Crippen LogP) is 1.14. The highest BCUT2D eigenvalue weighted by Gasteiger charge is 2.30. The van der Waals surface area contributed by atoms with Crippen LogP contribution in [-0.4, -0.2) is 68.6 Å². The van der Waals surface area contributed by atoms with E-state index in [9.17, 15) is 13.2 Å². The molecule has 1 atom stereocenters. The van der Waals surface area contributed by atoms with Crippen molar-refractivity contribution in [3.05, 3.63) is 0 Å². The molecule has 1 fully saturated rings. The molecule has 0 saturated carbocycles. The summed E-state index contributed by atoms with van der Waals surface area (Å²) in [6, 6.07) is 0. The lowest BCUT2D eigenvalue weighted by Crippen LogP contribution is -2.44. The summed E-state index contributed by atoms with van der Waals surface area (Å²) in [6.07, 6.45) is 1.24. The van der Waals surface area contributed by atoms with Gasteiger partial charge in [-0.25, -0.2) is 12.7 Å². The average Bonchev–Trinajstić information content (AvgIpc) is 2.57. The molecule has 0 radical (unpaired) electrons. The third-order valence-electron chi connectivity index (χ3n) is 4.67. The van der Waals surface area contributed by atoms with Crippen LogP contribution < -0.4 is 5.32 Å². The minimum Gasteiger partial charge on any atom is -0.356 e. The number of nitrogens with one attached hydrogen (secondary N) is 1. The average molecular weight is 348 g/mol. The lowest BCUT2D eigenvalue weighted by molar-refractivity contribution is -0.126. The van der Waals surface area contributed by atoms with Gasteiger partial charge in [0.25, 0.3) is 0 Å². The van der Waals surface area contributed by atoms with Gasteiger partial charge < -0.3 is 10.2 Å². The minimum absolute atomic E-state index is 0.0565. The van der Waals surface area contributed by atoms with Crippen molar-refractivity contribution in [2.75, 3.05) is 45.0 Å². The lowest BCUT2D eigenvalue weighted by atomic mass is 9.97. The monoisotopic (exact) mass is 347 g/mol. The topological polar surface area (TPSA) is 69.7 Å². The molecule has 1 rings (SSSR count). The summed E-state index contributed by atoms with van der Waals surface area (Å²) in [7, 11) is -3.12. The van der Waals surface area contributed by atoms with Gasteiger partial charge >= 0.3 is 0 Å². The van der Waals surface area contributed by atoms with E-state index in [0.29, 0.717) is 38.4 Å². The Bertz CT molecular complexity index is 455. The van der Waals surface area contributed by atoms with Crippen molar-refractivity contribution in [3.63, 3.8) is 0 Å². The quantitative estimate of drug-likeness (QED) is 0.679. The summed E-state index contributed by atoms with van der Waals surface area (Å²) in [5.41, 5.74) is 0. The van der Waals surface area contributed by atoms with E-state index in [2.05, 4.69) is 31.0 Å². The second kappa shape index (κ2) is 9.59. The van der Waals surface area contributed by atoms with Crippen molar-refractivity contribution in [2.24, 2.45) is 11.8 Å². The Morgan fingerprint density at radius 2 is 1.78 bits per heavy atom. The molecule has 1 saturated heterocycles. The zero-order valence-corrected chi connectivity index (χ0v) is 15.9. The zero-order chi connectivity index (χ0) is 17.5. The Balaban J connectivity index is 2.34. The summed E-state index contributed by atoms with van der Waals surface area (Å²) in [5, 5.41) is 3.04. The number of amides is 1. The van der Waals surface area contributed by atoms with Crippen LogP contribution in [-0.2, 0) is 14.8 Å². The van der Waals surface area contributed by atoms with Gasteiger partial charge in [-0.3, -0.25) is 4.79 Å². The summed E-state index contributed by atoms with van der Waals surface area (Å²) in [4.78, 5) is 14.6. The fraction of sp³-hybridized carbons (Fsp3) is 0.938. The standard InChI is InChI=1S/C16H33N3O3S/c1-5-18(6-2)13-14(4)12-17-16(20)15-8-10-19(11-9-15)23(21,22)7-3/h14-15H,5-13H2,1-4H3,(H,17,20). The van der Waals surface area contributed by atoms with E-state index in [1.165, 1.54) is 4.31 Å². The number of piperidine rings is 1. The molecule has 23 heavy (non-hydrogen) atoms. The van der Waals surface area contributed by atoms with Gasteiger partial charge in [0.05, 0.1) is 5.75 Å². The van der Waals surface area contributed by atoms with Crippen molar-refractivity contribution >= 4 is 15.9 Å². The SMILES string of the molecule is CCN(CC)CC(C)CNC(=O)C1CCN(S(=O)(=O)CC)CC1. The van der Waals surface area contributed by atoms with Gasteiger partial charge in [0.1, 0.15) is 0 Å². The first-order chi connectivity index (χ1) is 10.8. The fourth-order valence-corrected chi connectivity index (χ4v) is 4.12. The zero-order valence-electron chi connectivity index (χ0n) is 15.0. The van der Waals surface area contributed by atoms with Gasteiger partial charge in [0.2, 0.25) is 15.9 Å². The van der Waals surface area contributed by atoms with Crippen LogP contribution in [0.5, 0.6) is 0 Å². The van der Waals surface area contributed by atoms with Gasteiger partial charge in [-0.15, -0.1) is 0 Å². The molecule has 0 bridgehead atoms. The first-order valence-corrected chi connectivity index (χ1v) is 10.4. The van der Waals surface area contributed by atoms with Crippen LogP contribution in [0.3, 0.4) is 0 Å². The summed E-state index contributed by atoms with van der Waals surface area (Å²) >= 11 is 0. The van der Waals surface area contributed by atoms with Crippen LogP contribution in [0.15, 0.2) is 0 Å². The van der Waals surface area contributed by atoms with E-state index < -0.39 is 10.0 Å². The molecule has 1 aliphatic rings. The second-order valence-corrected chi connectivity index (χ2v) is 8.67. The van der Waals surface area contributed by atoms with Gasteiger partial charge in [0, 0.05) is 32.1 Å². The lowest BCUT2D eigenvalue weighted by Gasteiger charge is -2.30. The summed E-state index contributed by atoms with van der Waals surface area (Å²) in [5.74, 6) is 0.565.